The molecule has 1 fully saturated rings. The van der Waals surface area contributed by atoms with Crippen LogP contribution in [-0.4, -0.2) is 54.6 Å². The highest BCUT2D eigenvalue weighted by atomic mass is 16.7. The van der Waals surface area contributed by atoms with E-state index in [1.165, 1.54) is 128 Å². The molecule has 54 heavy (non-hydrogen) atoms. The van der Waals surface area contributed by atoms with Crippen LogP contribution in [0.3, 0.4) is 0 Å². The number of nitrogens with one attached hydrogen (secondary N) is 2. The number of amides is 2. The topological polar surface area (TPSA) is 96.9 Å². The zero-order chi connectivity index (χ0) is 39.2. The second-order valence-electron chi connectivity index (χ2n) is 16.9. The quantitative estimate of drug-likeness (QED) is 0.0539. The first-order valence-electron chi connectivity index (χ1n) is 24.0. The molecule has 3 N–H and O–H groups in total. The Kier molecular flexibility index (Phi) is 35.2. The van der Waals surface area contributed by atoms with Crippen LogP contribution in [0.1, 0.15) is 252 Å². The van der Waals surface area contributed by atoms with Crippen molar-refractivity contribution in [2.75, 3.05) is 19.8 Å². The van der Waals surface area contributed by atoms with Crippen molar-refractivity contribution < 1.29 is 24.2 Å². The first kappa shape index (κ1) is 50.8. The Morgan fingerprint density at radius 3 is 1.52 bits per heavy atom. The molecule has 0 saturated carbocycles. The van der Waals surface area contributed by atoms with Gasteiger partial charge in [-0.15, -0.1) is 0 Å². The Morgan fingerprint density at radius 1 is 0.574 bits per heavy atom. The van der Waals surface area contributed by atoms with E-state index < -0.39 is 5.79 Å². The molecule has 2 amide bonds. The molecule has 0 radical (unpaired) electrons. The summed E-state index contributed by atoms with van der Waals surface area (Å²) in [4.78, 5) is 25.3. The fourth-order valence-electron chi connectivity index (χ4n) is 8.04. The van der Waals surface area contributed by atoms with Crippen LogP contribution in [0.15, 0.2) is 0 Å². The van der Waals surface area contributed by atoms with Crippen LogP contribution in [0.2, 0.25) is 0 Å². The summed E-state index contributed by atoms with van der Waals surface area (Å²) in [5, 5.41) is 16.0. The molecule has 7 nitrogen and oxygen atoms in total. The number of unbranched alkanes of at least 4 members (excludes halogenated alkanes) is 24. The Hall–Kier alpha value is -1.18. The van der Waals surface area contributed by atoms with Gasteiger partial charge in [-0.1, -0.05) is 175 Å². The third-order valence-corrected chi connectivity index (χ3v) is 11.6. The highest BCUT2D eigenvalue weighted by Gasteiger charge is 2.40. The monoisotopic (exact) mass is 765 g/mol. The molecule has 1 rings (SSSR count). The van der Waals surface area contributed by atoms with Gasteiger partial charge in [-0.05, 0) is 51.4 Å². The molecular weight excluding hydrogens is 673 g/mol. The van der Waals surface area contributed by atoms with Crippen molar-refractivity contribution in [1.29, 1.82) is 0 Å². The first-order valence-corrected chi connectivity index (χ1v) is 24.0. The molecule has 0 spiro atoms. The number of hydrogen-bond acceptors (Lipinski definition) is 5. The average Bonchev–Trinajstić information content (AvgIpc) is 3.56. The van der Waals surface area contributed by atoms with Crippen LogP contribution in [0.5, 0.6) is 0 Å². The summed E-state index contributed by atoms with van der Waals surface area (Å²) in [5.74, 6) is -0.131. The molecule has 0 aromatic carbocycles. The highest BCUT2D eigenvalue weighted by molar-refractivity contribution is 5.76. The number of rotatable bonds is 41. The molecule has 1 saturated heterocycles. The fraction of sp³-hybridized carbons (Fsp3) is 0.957. The van der Waals surface area contributed by atoms with Gasteiger partial charge in [-0.2, -0.15) is 0 Å². The maximum Gasteiger partial charge on any atom is 0.220 e. The van der Waals surface area contributed by atoms with E-state index in [-0.39, 0.29) is 24.5 Å². The van der Waals surface area contributed by atoms with Crippen molar-refractivity contribution in [3.8, 4) is 0 Å². The third kappa shape index (κ3) is 30.0. The maximum absolute atomic E-state index is 12.9. The zero-order valence-corrected chi connectivity index (χ0v) is 36.3. The number of ether oxygens (including phenoxy) is 2. The smallest absolute Gasteiger partial charge is 0.220 e. The van der Waals surface area contributed by atoms with Crippen LogP contribution in [-0.2, 0) is 19.1 Å². The minimum atomic E-state index is -0.557. The first-order chi connectivity index (χ1) is 26.5. The summed E-state index contributed by atoms with van der Waals surface area (Å²) >= 11 is 0. The highest BCUT2D eigenvalue weighted by Crippen LogP contribution is 2.35. The van der Waals surface area contributed by atoms with Gasteiger partial charge in [0.15, 0.2) is 5.79 Å². The van der Waals surface area contributed by atoms with Gasteiger partial charge in [0, 0.05) is 44.9 Å². The second kappa shape index (κ2) is 37.4. The number of aliphatic hydroxyl groups excluding tert-OH is 1. The molecule has 0 aromatic rings. The van der Waals surface area contributed by atoms with E-state index in [4.69, 9.17) is 9.47 Å². The van der Waals surface area contributed by atoms with Crippen molar-refractivity contribution in [3.63, 3.8) is 0 Å². The number of aliphatic hydroxyl groups is 1. The molecule has 2 atom stereocenters. The molecule has 1 aliphatic rings. The summed E-state index contributed by atoms with van der Waals surface area (Å²) < 4.78 is 12.7. The Balaban J connectivity index is 2.26. The van der Waals surface area contributed by atoms with E-state index >= 15 is 0 Å². The van der Waals surface area contributed by atoms with Gasteiger partial charge < -0.3 is 25.2 Å². The van der Waals surface area contributed by atoms with E-state index in [9.17, 15) is 14.7 Å². The molecule has 0 bridgehead atoms. The summed E-state index contributed by atoms with van der Waals surface area (Å²) in [6, 6.07) is 0.346. The molecule has 320 valence electrons. The molecule has 1 aliphatic heterocycles. The third-order valence-electron chi connectivity index (χ3n) is 11.6. The van der Waals surface area contributed by atoms with Crippen LogP contribution < -0.4 is 10.6 Å². The summed E-state index contributed by atoms with van der Waals surface area (Å²) in [6.45, 7) is 8.27. The van der Waals surface area contributed by atoms with Crippen molar-refractivity contribution in [2.45, 2.75) is 270 Å². The molecule has 2 unspecified atom stereocenters. The van der Waals surface area contributed by atoms with Gasteiger partial charge in [0.2, 0.25) is 11.8 Å². The van der Waals surface area contributed by atoms with Crippen LogP contribution >= 0.6 is 0 Å². The van der Waals surface area contributed by atoms with Crippen molar-refractivity contribution in [2.24, 2.45) is 0 Å². The lowest BCUT2D eigenvalue weighted by molar-refractivity contribution is -0.180. The molecule has 1 heterocycles. The van der Waals surface area contributed by atoms with Crippen molar-refractivity contribution in [1.82, 2.24) is 10.6 Å². The predicted octanol–water partition coefficient (Wildman–Crippen LogP) is 12.8. The number of hydrogen-bond donors (Lipinski definition) is 3. The Labute approximate surface area is 335 Å². The van der Waals surface area contributed by atoms with Gasteiger partial charge in [0.25, 0.3) is 0 Å². The molecule has 0 aromatic heterocycles. The van der Waals surface area contributed by atoms with E-state index in [0.717, 1.165) is 90.0 Å². The van der Waals surface area contributed by atoms with Gasteiger partial charge in [0.1, 0.15) is 0 Å². The average molecular weight is 765 g/mol. The Morgan fingerprint density at radius 2 is 1.00 bits per heavy atom. The number of carbonyl (C=O) groups excluding carboxylic acids is 2. The summed E-state index contributed by atoms with van der Waals surface area (Å²) in [5.41, 5.74) is 0. The predicted molar refractivity (Wildman–Crippen MR) is 229 cm³/mol. The van der Waals surface area contributed by atoms with Crippen LogP contribution in [0.4, 0.5) is 0 Å². The Bertz CT molecular complexity index is 825. The molecule has 0 aliphatic carbocycles. The lowest BCUT2D eigenvalue weighted by Crippen LogP contribution is -2.34. The standard InChI is InChI=1S/C47H92N2O5/c1-4-7-10-13-16-17-18-24-32-40-48-45(51)35-29-25-31-39-47(53-42-44(54-47)37-41-50)38-30-23-19-22-28-36-46(52)49-43(33-26-20-14-11-8-5-2)34-27-21-15-12-9-6-3/h43-44,50H,4-42H2,1-3H3,(H,48,51)(H,49,52). The summed E-state index contributed by atoms with van der Waals surface area (Å²) in [7, 11) is 0. The van der Waals surface area contributed by atoms with E-state index in [1.807, 2.05) is 0 Å². The van der Waals surface area contributed by atoms with E-state index in [0.29, 0.717) is 31.9 Å². The largest absolute Gasteiger partial charge is 0.396 e. The molecule has 7 heteroatoms. The minimum Gasteiger partial charge on any atom is -0.396 e. The second-order valence-corrected chi connectivity index (χ2v) is 16.9. The molecular formula is C47H92N2O5. The maximum atomic E-state index is 12.9. The van der Waals surface area contributed by atoms with Crippen LogP contribution in [0.25, 0.3) is 0 Å². The normalized spacial score (nSPS) is 17.1. The van der Waals surface area contributed by atoms with Crippen molar-refractivity contribution >= 4 is 11.8 Å². The van der Waals surface area contributed by atoms with E-state index in [2.05, 4.69) is 31.4 Å². The number of carbonyl (C=O) groups is 2. The lowest BCUT2D eigenvalue weighted by atomic mass is 9.99. The van der Waals surface area contributed by atoms with Gasteiger partial charge >= 0.3 is 0 Å². The van der Waals surface area contributed by atoms with Gasteiger partial charge in [-0.25, -0.2) is 0 Å². The zero-order valence-electron chi connectivity index (χ0n) is 36.3. The van der Waals surface area contributed by atoms with Gasteiger partial charge in [0.05, 0.1) is 12.7 Å². The van der Waals surface area contributed by atoms with Crippen molar-refractivity contribution in [3.05, 3.63) is 0 Å². The lowest BCUT2D eigenvalue weighted by Gasteiger charge is -2.28. The minimum absolute atomic E-state index is 0.0358. The van der Waals surface area contributed by atoms with E-state index in [1.54, 1.807) is 0 Å². The summed E-state index contributed by atoms with van der Waals surface area (Å²) in [6.07, 6.45) is 41.3. The fourth-order valence-corrected chi connectivity index (χ4v) is 8.04. The van der Waals surface area contributed by atoms with Gasteiger partial charge in [-0.3, -0.25) is 9.59 Å². The van der Waals surface area contributed by atoms with Crippen LogP contribution in [0, 0.1) is 0 Å². The SMILES string of the molecule is CCCCCCCCCCCNC(=O)CCCCCC1(CCCCCCCC(=O)NC(CCCCCCCC)CCCCCCCC)OCC(CCO)O1.